The Labute approximate surface area is 140 Å². The van der Waals surface area contributed by atoms with Crippen molar-refractivity contribution in [3.63, 3.8) is 0 Å². The molecular weight excluding hydrogens is 363 g/mol. The molecule has 0 aliphatic rings. The fraction of sp³-hybridized carbons (Fsp3) is 0.533. The van der Waals surface area contributed by atoms with Gasteiger partial charge in [0, 0.05) is 38.9 Å². The van der Waals surface area contributed by atoms with Crippen LogP contribution < -0.4 is 15.5 Å². The lowest BCUT2D eigenvalue weighted by molar-refractivity contribution is 0.501. The van der Waals surface area contributed by atoms with E-state index in [-0.39, 0.29) is 29.5 Å². The van der Waals surface area contributed by atoms with Crippen molar-refractivity contribution in [3.8, 4) is 0 Å². The number of hydrogen-bond donors (Lipinski definition) is 2. The Morgan fingerprint density at radius 2 is 1.70 bits per heavy atom. The fourth-order valence-corrected chi connectivity index (χ4v) is 1.63. The number of nitrogens with one attached hydrogen (secondary N) is 2. The van der Waals surface area contributed by atoms with E-state index in [0.29, 0.717) is 0 Å². The zero-order chi connectivity index (χ0) is 14.5. The van der Waals surface area contributed by atoms with E-state index in [1.54, 1.807) is 7.05 Å². The Balaban J connectivity index is 0.00000361. The molecule has 0 atom stereocenters. The molecule has 0 fully saturated rings. The molecule has 1 aromatic rings. The maximum atomic E-state index is 4.22. The van der Waals surface area contributed by atoms with Crippen LogP contribution >= 0.6 is 24.0 Å². The zero-order valence-corrected chi connectivity index (χ0v) is 15.6. The molecule has 1 rings (SSSR count). The maximum absolute atomic E-state index is 4.22. The molecule has 5 heteroatoms. The van der Waals surface area contributed by atoms with Crippen molar-refractivity contribution in [1.82, 2.24) is 10.6 Å². The molecule has 0 spiro atoms. The highest BCUT2D eigenvalue weighted by molar-refractivity contribution is 14.0. The third kappa shape index (κ3) is 6.98. The summed E-state index contributed by atoms with van der Waals surface area (Å²) in [5.74, 6) is 0.823. The van der Waals surface area contributed by atoms with E-state index >= 15 is 0 Å². The van der Waals surface area contributed by atoms with Gasteiger partial charge in [0.15, 0.2) is 5.96 Å². The van der Waals surface area contributed by atoms with Gasteiger partial charge in [0.25, 0.3) is 0 Å². The molecule has 0 aliphatic carbocycles. The van der Waals surface area contributed by atoms with Crippen molar-refractivity contribution < 1.29 is 0 Å². The van der Waals surface area contributed by atoms with E-state index in [0.717, 1.165) is 12.5 Å². The van der Waals surface area contributed by atoms with Crippen LogP contribution in [0.3, 0.4) is 0 Å². The average molecular weight is 390 g/mol. The van der Waals surface area contributed by atoms with Gasteiger partial charge >= 0.3 is 0 Å². The fourth-order valence-electron chi connectivity index (χ4n) is 1.63. The first-order valence-electron chi connectivity index (χ1n) is 6.57. The Hall–Kier alpha value is -0.980. The molecule has 20 heavy (non-hydrogen) atoms. The molecule has 0 bridgehead atoms. The average Bonchev–Trinajstić information content (AvgIpc) is 2.33. The van der Waals surface area contributed by atoms with E-state index in [9.17, 15) is 0 Å². The Morgan fingerprint density at radius 3 is 2.10 bits per heavy atom. The number of halogens is 1. The van der Waals surface area contributed by atoms with Crippen molar-refractivity contribution in [3.05, 3.63) is 29.8 Å². The minimum Gasteiger partial charge on any atom is -0.378 e. The van der Waals surface area contributed by atoms with E-state index in [1.165, 1.54) is 11.3 Å². The van der Waals surface area contributed by atoms with Gasteiger partial charge in [0.2, 0.25) is 0 Å². The summed E-state index contributed by atoms with van der Waals surface area (Å²) < 4.78 is 0. The molecule has 0 radical (unpaired) electrons. The molecule has 0 unspecified atom stereocenters. The van der Waals surface area contributed by atoms with E-state index in [2.05, 4.69) is 65.6 Å². The van der Waals surface area contributed by atoms with Gasteiger partial charge in [-0.25, -0.2) is 0 Å². The predicted octanol–water partition coefficient (Wildman–Crippen LogP) is 2.83. The Morgan fingerprint density at radius 1 is 1.15 bits per heavy atom. The van der Waals surface area contributed by atoms with Crippen LogP contribution in [-0.4, -0.2) is 32.6 Å². The van der Waals surface area contributed by atoms with Gasteiger partial charge < -0.3 is 15.5 Å². The lowest BCUT2D eigenvalue weighted by Gasteiger charge is -2.23. The molecule has 0 aromatic heterocycles. The summed E-state index contributed by atoms with van der Waals surface area (Å²) in [6.45, 7) is 7.12. The van der Waals surface area contributed by atoms with Gasteiger partial charge in [-0.1, -0.05) is 12.1 Å². The molecule has 0 amide bonds. The molecule has 114 valence electrons. The topological polar surface area (TPSA) is 39.7 Å². The molecule has 0 saturated heterocycles. The molecule has 0 heterocycles. The van der Waals surface area contributed by atoms with E-state index in [4.69, 9.17) is 0 Å². The van der Waals surface area contributed by atoms with Crippen molar-refractivity contribution >= 4 is 35.6 Å². The smallest absolute Gasteiger partial charge is 0.191 e. The van der Waals surface area contributed by atoms with Crippen LogP contribution in [0.2, 0.25) is 0 Å². The van der Waals surface area contributed by atoms with Crippen molar-refractivity contribution in [2.75, 3.05) is 26.0 Å². The second kappa shape index (κ2) is 8.34. The highest BCUT2D eigenvalue weighted by Gasteiger charge is 2.11. The van der Waals surface area contributed by atoms with Crippen LogP contribution in [0.25, 0.3) is 0 Å². The minimum atomic E-state index is 0. The first kappa shape index (κ1) is 19.0. The van der Waals surface area contributed by atoms with E-state index < -0.39 is 0 Å². The lowest BCUT2D eigenvalue weighted by Crippen LogP contribution is -2.47. The summed E-state index contributed by atoms with van der Waals surface area (Å²) in [6, 6.07) is 8.51. The summed E-state index contributed by atoms with van der Waals surface area (Å²) >= 11 is 0. The quantitative estimate of drug-likeness (QED) is 0.474. The number of benzene rings is 1. The zero-order valence-electron chi connectivity index (χ0n) is 13.3. The maximum Gasteiger partial charge on any atom is 0.191 e. The second-order valence-electron chi connectivity index (χ2n) is 5.86. The normalized spacial score (nSPS) is 11.6. The van der Waals surface area contributed by atoms with Gasteiger partial charge in [-0.3, -0.25) is 4.99 Å². The predicted molar refractivity (Wildman–Crippen MR) is 99.3 cm³/mol. The standard InChI is InChI=1S/C15H26N4.HI/c1-15(2,3)18-14(16-4)17-11-12-7-9-13(10-8-12)19(5)6;/h7-10H,11H2,1-6H3,(H2,16,17,18);1H. The summed E-state index contributed by atoms with van der Waals surface area (Å²) in [5.41, 5.74) is 2.46. The highest BCUT2D eigenvalue weighted by Crippen LogP contribution is 2.11. The van der Waals surface area contributed by atoms with E-state index in [1.807, 2.05) is 14.1 Å². The number of nitrogens with zero attached hydrogens (tertiary/aromatic N) is 2. The molecule has 4 nitrogen and oxygen atoms in total. The summed E-state index contributed by atoms with van der Waals surface area (Å²) in [4.78, 5) is 6.31. The number of anilines is 1. The third-order valence-electron chi connectivity index (χ3n) is 2.63. The SMILES string of the molecule is CN=C(NCc1ccc(N(C)C)cc1)NC(C)(C)C.I. The van der Waals surface area contributed by atoms with Crippen LogP contribution in [0.4, 0.5) is 5.69 Å². The van der Waals surface area contributed by atoms with Crippen LogP contribution in [0.1, 0.15) is 26.3 Å². The van der Waals surface area contributed by atoms with Crippen molar-refractivity contribution in [2.45, 2.75) is 32.9 Å². The summed E-state index contributed by atoms with van der Waals surface area (Å²) in [7, 11) is 5.88. The number of guanidine groups is 1. The molecule has 0 saturated carbocycles. The van der Waals surface area contributed by atoms with Gasteiger partial charge in [-0.2, -0.15) is 0 Å². The lowest BCUT2D eigenvalue weighted by atomic mass is 10.1. The van der Waals surface area contributed by atoms with Crippen molar-refractivity contribution in [1.29, 1.82) is 0 Å². The molecule has 0 aliphatic heterocycles. The van der Waals surface area contributed by atoms with Gasteiger partial charge in [-0.05, 0) is 38.5 Å². The van der Waals surface area contributed by atoms with Gasteiger partial charge in [-0.15, -0.1) is 24.0 Å². The van der Waals surface area contributed by atoms with Crippen LogP contribution in [0, 0.1) is 0 Å². The van der Waals surface area contributed by atoms with Gasteiger partial charge in [0.05, 0.1) is 0 Å². The Bertz CT molecular complexity index is 418. The third-order valence-corrected chi connectivity index (χ3v) is 2.63. The molecule has 2 N–H and O–H groups in total. The monoisotopic (exact) mass is 390 g/mol. The first-order chi connectivity index (χ1) is 8.81. The number of rotatable bonds is 3. The molecule has 1 aromatic carbocycles. The summed E-state index contributed by atoms with van der Waals surface area (Å²) in [6.07, 6.45) is 0. The number of hydrogen-bond acceptors (Lipinski definition) is 2. The number of aliphatic imine (C=N–C) groups is 1. The summed E-state index contributed by atoms with van der Waals surface area (Å²) in [5, 5.41) is 6.65. The van der Waals surface area contributed by atoms with Crippen molar-refractivity contribution in [2.24, 2.45) is 4.99 Å². The molecular formula is C15H27IN4. The Kier molecular flexibility index (Phi) is 7.93. The highest BCUT2D eigenvalue weighted by atomic mass is 127. The largest absolute Gasteiger partial charge is 0.378 e. The van der Waals surface area contributed by atoms with Crippen LogP contribution in [0.15, 0.2) is 29.3 Å². The second-order valence-corrected chi connectivity index (χ2v) is 5.86. The van der Waals surface area contributed by atoms with Gasteiger partial charge in [0.1, 0.15) is 0 Å². The van der Waals surface area contributed by atoms with Crippen LogP contribution in [-0.2, 0) is 6.54 Å². The minimum absolute atomic E-state index is 0. The van der Waals surface area contributed by atoms with Crippen LogP contribution in [0.5, 0.6) is 0 Å². The first-order valence-corrected chi connectivity index (χ1v) is 6.57.